The molecule has 0 saturated heterocycles. The predicted molar refractivity (Wildman–Crippen MR) is 36.8 cm³/mol. The lowest BCUT2D eigenvalue weighted by Crippen LogP contribution is -2.15. The lowest BCUT2D eigenvalue weighted by molar-refractivity contribution is -0.117. The number of furan rings is 1. The summed E-state index contributed by atoms with van der Waals surface area (Å²) >= 11 is 0. The fraction of sp³-hybridized carbons (Fsp3) is 0.143. The summed E-state index contributed by atoms with van der Waals surface area (Å²) in [6.07, 6.45) is 1.07. The summed E-state index contributed by atoms with van der Waals surface area (Å²) in [5.74, 6) is -0.863. The molecule has 1 heterocycles. The van der Waals surface area contributed by atoms with Crippen LogP contribution in [0, 0.1) is 0 Å². The first-order valence-corrected chi connectivity index (χ1v) is 3.05. The van der Waals surface area contributed by atoms with Crippen LogP contribution in [0.1, 0.15) is 17.0 Å². The van der Waals surface area contributed by atoms with Gasteiger partial charge in [0.25, 0.3) is 0 Å². The summed E-state index contributed by atoms with van der Waals surface area (Å²) < 4.78 is 4.74. The molecule has 0 spiro atoms. The Labute approximate surface area is 63.0 Å². The van der Waals surface area contributed by atoms with Crippen LogP contribution in [-0.4, -0.2) is 11.7 Å². The number of primary amides is 1. The third kappa shape index (κ3) is 1.93. The molecule has 1 rings (SSSR count). The van der Waals surface area contributed by atoms with Crippen molar-refractivity contribution >= 4 is 11.7 Å². The van der Waals surface area contributed by atoms with Crippen molar-refractivity contribution in [3.8, 4) is 0 Å². The molecule has 0 aliphatic rings. The molecular formula is C7H7NO3. The zero-order valence-corrected chi connectivity index (χ0v) is 5.74. The maximum absolute atomic E-state index is 10.9. The van der Waals surface area contributed by atoms with Crippen molar-refractivity contribution in [3.05, 3.63) is 24.2 Å². The van der Waals surface area contributed by atoms with E-state index in [4.69, 9.17) is 10.2 Å². The summed E-state index contributed by atoms with van der Waals surface area (Å²) in [6.45, 7) is 0. The van der Waals surface area contributed by atoms with Crippen molar-refractivity contribution in [1.82, 2.24) is 0 Å². The van der Waals surface area contributed by atoms with Crippen LogP contribution in [0.25, 0.3) is 0 Å². The van der Waals surface area contributed by atoms with Crippen LogP contribution in [0.2, 0.25) is 0 Å². The topological polar surface area (TPSA) is 73.3 Å². The van der Waals surface area contributed by atoms with Crippen LogP contribution in [0.4, 0.5) is 0 Å². The number of amides is 1. The number of ketones is 1. The average molecular weight is 153 g/mol. The predicted octanol–water partition coefficient (Wildman–Crippen LogP) is 0.338. The van der Waals surface area contributed by atoms with Crippen LogP contribution in [0.3, 0.4) is 0 Å². The normalized spacial score (nSPS) is 9.45. The van der Waals surface area contributed by atoms with Gasteiger partial charge in [-0.3, -0.25) is 9.59 Å². The molecule has 0 aliphatic heterocycles. The van der Waals surface area contributed by atoms with Gasteiger partial charge in [-0.25, -0.2) is 0 Å². The molecule has 0 saturated carbocycles. The van der Waals surface area contributed by atoms with E-state index in [-0.39, 0.29) is 18.0 Å². The van der Waals surface area contributed by atoms with E-state index in [2.05, 4.69) is 0 Å². The second kappa shape index (κ2) is 3.01. The van der Waals surface area contributed by atoms with E-state index in [1.807, 2.05) is 0 Å². The van der Waals surface area contributed by atoms with Crippen molar-refractivity contribution in [1.29, 1.82) is 0 Å². The fourth-order valence-corrected chi connectivity index (χ4v) is 0.683. The number of hydrogen-bond acceptors (Lipinski definition) is 3. The monoisotopic (exact) mass is 153 g/mol. The van der Waals surface area contributed by atoms with Gasteiger partial charge in [0.1, 0.15) is 0 Å². The molecule has 11 heavy (non-hydrogen) atoms. The molecule has 1 aromatic heterocycles. The molecule has 0 radical (unpaired) electrons. The van der Waals surface area contributed by atoms with Gasteiger partial charge in [0.2, 0.25) is 11.7 Å². The standard InChI is InChI=1S/C7H7NO3/c8-7(10)4-5(9)6-2-1-3-11-6/h1-3H,4H2,(H2,8,10). The van der Waals surface area contributed by atoms with Crippen molar-refractivity contribution in [2.45, 2.75) is 6.42 Å². The summed E-state index contributed by atoms with van der Waals surface area (Å²) in [5.41, 5.74) is 4.80. The van der Waals surface area contributed by atoms with Gasteiger partial charge in [-0.1, -0.05) is 0 Å². The first-order chi connectivity index (χ1) is 5.20. The van der Waals surface area contributed by atoms with E-state index in [0.717, 1.165) is 0 Å². The number of carbonyl (C=O) groups is 2. The van der Waals surface area contributed by atoms with Gasteiger partial charge < -0.3 is 10.2 Å². The molecule has 0 aromatic carbocycles. The van der Waals surface area contributed by atoms with Gasteiger partial charge in [-0.2, -0.15) is 0 Å². The van der Waals surface area contributed by atoms with Gasteiger partial charge in [0.15, 0.2) is 5.76 Å². The van der Waals surface area contributed by atoms with Crippen molar-refractivity contribution < 1.29 is 14.0 Å². The maximum Gasteiger partial charge on any atom is 0.225 e. The van der Waals surface area contributed by atoms with E-state index >= 15 is 0 Å². The second-order valence-electron chi connectivity index (χ2n) is 2.04. The first kappa shape index (κ1) is 7.53. The van der Waals surface area contributed by atoms with Gasteiger partial charge in [-0.15, -0.1) is 0 Å². The van der Waals surface area contributed by atoms with Gasteiger partial charge in [-0.05, 0) is 12.1 Å². The van der Waals surface area contributed by atoms with Crippen molar-refractivity contribution in [3.63, 3.8) is 0 Å². The molecule has 58 valence electrons. The van der Waals surface area contributed by atoms with E-state index in [1.54, 1.807) is 6.07 Å². The quantitative estimate of drug-likeness (QED) is 0.502. The van der Waals surface area contributed by atoms with Gasteiger partial charge in [0.05, 0.1) is 12.7 Å². The molecule has 4 heteroatoms. The highest BCUT2D eigenvalue weighted by Gasteiger charge is 2.10. The maximum atomic E-state index is 10.9. The SMILES string of the molecule is NC(=O)CC(=O)c1ccco1. The van der Waals surface area contributed by atoms with Gasteiger partial charge in [0, 0.05) is 0 Å². The van der Waals surface area contributed by atoms with Crippen LogP contribution in [-0.2, 0) is 4.79 Å². The largest absolute Gasteiger partial charge is 0.461 e. The minimum atomic E-state index is -0.647. The Kier molecular flexibility index (Phi) is 2.06. The summed E-state index contributed by atoms with van der Waals surface area (Å²) in [7, 11) is 0. The number of rotatable bonds is 3. The molecule has 0 unspecified atom stereocenters. The van der Waals surface area contributed by atoms with E-state index in [9.17, 15) is 9.59 Å². The highest BCUT2D eigenvalue weighted by molar-refractivity contribution is 6.05. The first-order valence-electron chi connectivity index (χ1n) is 3.05. The Morgan fingerprint density at radius 2 is 2.27 bits per heavy atom. The van der Waals surface area contributed by atoms with Gasteiger partial charge >= 0.3 is 0 Å². The molecular weight excluding hydrogens is 146 g/mol. The Bertz CT molecular complexity index is 263. The Morgan fingerprint density at radius 3 is 2.73 bits per heavy atom. The second-order valence-corrected chi connectivity index (χ2v) is 2.04. The van der Waals surface area contributed by atoms with Crippen LogP contribution in [0.15, 0.2) is 22.8 Å². The van der Waals surface area contributed by atoms with Crippen molar-refractivity contribution in [2.24, 2.45) is 5.73 Å². The summed E-state index contributed by atoms with van der Waals surface area (Å²) in [6, 6.07) is 3.07. The lowest BCUT2D eigenvalue weighted by atomic mass is 10.2. The zero-order chi connectivity index (χ0) is 8.27. The number of nitrogens with two attached hydrogens (primary N) is 1. The number of Topliss-reactive ketones (excluding diaryl/α,β-unsaturated/α-hetero) is 1. The Morgan fingerprint density at radius 1 is 1.55 bits per heavy atom. The highest BCUT2D eigenvalue weighted by atomic mass is 16.3. The Balaban J connectivity index is 2.64. The molecule has 0 fully saturated rings. The van der Waals surface area contributed by atoms with Crippen LogP contribution in [0.5, 0.6) is 0 Å². The number of hydrogen-bond donors (Lipinski definition) is 1. The van der Waals surface area contributed by atoms with E-state index in [0.29, 0.717) is 0 Å². The summed E-state index contributed by atoms with van der Waals surface area (Å²) in [5, 5.41) is 0. The smallest absolute Gasteiger partial charge is 0.225 e. The van der Waals surface area contributed by atoms with E-state index in [1.165, 1.54) is 12.3 Å². The zero-order valence-electron chi connectivity index (χ0n) is 5.74. The minimum absolute atomic E-state index is 0.170. The highest BCUT2D eigenvalue weighted by Crippen LogP contribution is 2.02. The van der Waals surface area contributed by atoms with Crippen molar-refractivity contribution in [2.75, 3.05) is 0 Å². The third-order valence-corrected chi connectivity index (χ3v) is 1.13. The summed E-state index contributed by atoms with van der Waals surface area (Å²) in [4.78, 5) is 21.2. The Hall–Kier alpha value is -1.58. The lowest BCUT2D eigenvalue weighted by Gasteiger charge is -1.90. The van der Waals surface area contributed by atoms with Crippen LogP contribution >= 0.6 is 0 Å². The number of carbonyl (C=O) groups excluding carboxylic acids is 2. The third-order valence-electron chi connectivity index (χ3n) is 1.13. The molecule has 1 amide bonds. The molecule has 0 bridgehead atoms. The molecule has 1 aromatic rings. The molecule has 2 N–H and O–H groups in total. The fourth-order valence-electron chi connectivity index (χ4n) is 0.683. The van der Waals surface area contributed by atoms with E-state index < -0.39 is 5.91 Å². The average Bonchev–Trinajstić information content (AvgIpc) is 2.35. The molecule has 0 aliphatic carbocycles. The van der Waals surface area contributed by atoms with Crippen LogP contribution < -0.4 is 5.73 Å². The minimum Gasteiger partial charge on any atom is -0.461 e. The molecule has 0 atom stereocenters. The molecule has 4 nitrogen and oxygen atoms in total.